The lowest BCUT2D eigenvalue weighted by Crippen LogP contribution is -2.05. The third kappa shape index (κ3) is 1.67. The van der Waals surface area contributed by atoms with Gasteiger partial charge in [-0.1, -0.05) is 6.92 Å². The highest BCUT2D eigenvalue weighted by Gasteiger charge is 2.06. The topological polar surface area (TPSA) is 80.3 Å². The van der Waals surface area contributed by atoms with Crippen molar-refractivity contribution in [1.82, 2.24) is 24.7 Å². The molecule has 2 rings (SSSR count). The maximum absolute atomic E-state index is 8.70. The minimum atomic E-state index is 0.317. The number of rotatable bonds is 2. The highest BCUT2D eigenvalue weighted by Crippen LogP contribution is 2.05. The first-order chi connectivity index (χ1) is 7.35. The normalized spacial score (nSPS) is 9.87. The van der Waals surface area contributed by atoms with Gasteiger partial charge in [-0.05, 0) is 0 Å². The summed E-state index contributed by atoms with van der Waals surface area (Å²) in [7, 11) is 0. The van der Waals surface area contributed by atoms with Crippen molar-refractivity contribution in [3.05, 3.63) is 30.2 Å². The fourth-order valence-corrected chi connectivity index (χ4v) is 1.22. The number of hydrogen-bond acceptors (Lipinski definition) is 5. The Kier molecular flexibility index (Phi) is 2.37. The fraction of sp³-hybridized carbons (Fsp3) is 0.222. The van der Waals surface area contributed by atoms with Gasteiger partial charge in [0.05, 0.1) is 0 Å². The number of nitriles is 1. The van der Waals surface area contributed by atoms with E-state index >= 15 is 0 Å². The van der Waals surface area contributed by atoms with Crippen LogP contribution in [0.5, 0.6) is 0 Å². The van der Waals surface area contributed by atoms with E-state index in [1.54, 1.807) is 10.7 Å². The second-order valence-electron chi connectivity index (χ2n) is 2.81. The Morgan fingerprint density at radius 1 is 1.33 bits per heavy atom. The minimum Gasteiger partial charge on any atom is -0.225 e. The molecule has 0 radical (unpaired) electrons. The largest absolute Gasteiger partial charge is 0.225 e. The molecule has 0 N–H and O–H groups in total. The second kappa shape index (κ2) is 3.84. The molecular formula is C9H8N6. The lowest BCUT2D eigenvalue weighted by Gasteiger charge is -2.02. The van der Waals surface area contributed by atoms with Gasteiger partial charge in [-0.25, -0.2) is 15.0 Å². The zero-order chi connectivity index (χ0) is 10.7. The lowest BCUT2D eigenvalue weighted by molar-refractivity contribution is 0.773. The highest BCUT2D eigenvalue weighted by molar-refractivity contribution is 5.29. The lowest BCUT2D eigenvalue weighted by atomic mass is 10.4. The van der Waals surface area contributed by atoms with Gasteiger partial charge in [-0.15, -0.1) is 0 Å². The predicted octanol–water partition coefficient (Wildman–Crippen LogP) is 0.491. The quantitative estimate of drug-likeness (QED) is 0.704. The van der Waals surface area contributed by atoms with E-state index in [1.165, 1.54) is 12.7 Å². The number of hydrogen-bond donors (Lipinski definition) is 0. The fourth-order valence-electron chi connectivity index (χ4n) is 1.22. The molecule has 0 saturated heterocycles. The predicted molar refractivity (Wildman–Crippen MR) is 51.0 cm³/mol. The van der Waals surface area contributed by atoms with Crippen molar-refractivity contribution in [1.29, 1.82) is 5.26 Å². The molecular weight excluding hydrogens is 192 g/mol. The first-order valence-corrected chi connectivity index (χ1v) is 4.46. The third-order valence-electron chi connectivity index (χ3n) is 1.92. The van der Waals surface area contributed by atoms with E-state index in [0.717, 1.165) is 12.2 Å². The summed E-state index contributed by atoms with van der Waals surface area (Å²) in [5, 5.41) is 12.7. The van der Waals surface area contributed by atoms with E-state index in [-0.39, 0.29) is 0 Å². The van der Waals surface area contributed by atoms with E-state index in [1.807, 2.05) is 13.0 Å². The van der Waals surface area contributed by atoms with Crippen LogP contribution in [0.1, 0.15) is 18.4 Å². The van der Waals surface area contributed by atoms with Crippen LogP contribution in [-0.4, -0.2) is 24.7 Å². The Hall–Kier alpha value is -2.29. The van der Waals surface area contributed by atoms with E-state index in [4.69, 9.17) is 5.26 Å². The minimum absolute atomic E-state index is 0.317. The Morgan fingerprint density at radius 2 is 2.20 bits per heavy atom. The molecule has 15 heavy (non-hydrogen) atoms. The molecule has 0 bridgehead atoms. The Labute approximate surface area is 86.2 Å². The van der Waals surface area contributed by atoms with Crippen LogP contribution in [0.2, 0.25) is 0 Å². The molecule has 0 fully saturated rings. The first-order valence-electron chi connectivity index (χ1n) is 4.46. The molecule has 0 aliphatic rings. The summed E-state index contributed by atoms with van der Waals surface area (Å²) in [4.78, 5) is 11.9. The van der Waals surface area contributed by atoms with Crippen molar-refractivity contribution >= 4 is 0 Å². The van der Waals surface area contributed by atoms with E-state index < -0.39 is 0 Å². The second-order valence-corrected chi connectivity index (χ2v) is 2.81. The smallest absolute Gasteiger partial charge is 0.160 e. The molecule has 0 aliphatic heterocycles. The summed E-state index contributed by atoms with van der Waals surface area (Å²) in [5.41, 5.74) is 0.317. The van der Waals surface area contributed by atoms with Gasteiger partial charge < -0.3 is 0 Å². The summed E-state index contributed by atoms with van der Waals surface area (Å²) in [6, 6.07) is 3.53. The molecule has 0 aromatic carbocycles. The van der Waals surface area contributed by atoms with E-state index in [9.17, 15) is 0 Å². The standard InChI is InChI=1S/C9H8N6/c1-2-8-13-6-14-15(8)9-3-7(4-10)11-5-12-9/h3,5-6H,2H2,1H3. The average molecular weight is 200 g/mol. The van der Waals surface area contributed by atoms with E-state index in [0.29, 0.717) is 11.5 Å². The highest BCUT2D eigenvalue weighted by atomic mass is 15.4. The van der Waals surface area contributed by atoms with Crippen LogP contribution in [0.25, 0.3) is 5.82 Å². The van der Waals surface area contributed by atoms with Crippen LogP contribution in [0.4, 0.5) is 0 Å². The van der Waals surface area contributed by atoms with Crippen LogP contribution in [-0.2, 0) is 6.42 Å². The molecule has 6 nitrogen and oxygen atoms in total. The van der Waals surface area contributed by atoms with Crippen molar-refractivity contribution in [2.45, 2.75) is 13.3 Å². The van der Waals surface area contributed by atoms with Crippen molar-refractivity contribution in [3.63, 3.8) is 0 Å². The summed E-state index contributed by atoms with van der Waals surface area (Å²) in [6.45, 7) is 1.98. The molecule has 0 amide bonds. The number of aryl methyl sites for hydroxylation is 1. The Balaban J connectivity index is 2.50. The molecule has 2 aromatic heterocycles. The van der Waals surface area contributed by atoms with Gasteiger partial charge in [0.2, 0.25) is 0 Å². The average Bonchev–Trinajstić information content (AvgIpc) is 2.77. The molecule has 0 spiro atoms. The van der Waals surface area contributed by atoms with Crippen molar-refractivity contribution in [2.75, 3.05) is 0 Å². The summed E-state index contributed by atoms with van der Waals surface area (Å²) >= 11 is 0. The number of nitrogens with zero attached hydrogens (tertiary/aromatic N) is 6. The number of aromatic nitrogens is 5. The summed E-state index contributed by atoms with van der Waals surface area (Å²) < 4.78 is 1.60. The Morgan fingerprint density at radius 3 is 2.93 bits per heavy atom. The van der Waals surface area contributed by atoms with Gasteiger partial charge in [-0.3, -0.25) is 0 Å². The van der Waals surface area contributed by atoms with Crippen LogP contribution in [0.3, 0.4) is 0 Å². The van der Waals surface area contributed by atoms with Crippen molar-refractivity contribution < 1.29 is 0 Å². The summed E-state index contributed by atoms with van der Waals surface area (Å²) in [5.74, 6) is 1.37. The maximum atomic E-state index is 8.70. The van der Waals surface area contributed by atoms with E-state index in [2.05, 4.69) is 20.1 Å². The zero-order valence-electron chi connectivity index (χ0n) is 8.12. The van der Waals surface area contributed by atoms with Crippen molar-refractivity contribution in [2.24, 2.45) is 0 Å². The SMILES string of the molecule is CCc1ncnn1-c1cc(C#N)ncn1. The molecule has 6 heteroatoms. The van der Waals surface area contributed by atoms with Gasteiger partial charge in [0.15, 0.2) is 5.82 Å². The maximum Gasteiger partial charge on any atom is 0.160 e. The Bertz CT molecular complexity index is 509. The summed E-state index contributed by atoms with van der Waals surface area (Å²) in [6.07, 6.45) is 3.56. The van der Waals surface area contributed by atoms with Crippen LogP contribution in [0.15, 0.2) is 18.7 Å². The zero-order valence-corrected chi connectivity index (χ0v) is 8.12. The van der Waals surface area contributed by atoms with Gasteiger partial charge in [0.1, 0.15) is 30.2 Å². The third-order valence-corrected chi connectivity index (χ3v) is 1.92. The molecule has 0 unspecified atom stereocenters. The molecule has 0 atom stereocenters. The van der Waals surface area contributed by atoms with Crippen LogP contribution >= 0.6 is 0 Å². The molecule has 2 heterocycles. The van der Waals surface area contributed by atoms with Crippen LogP contribution in [0, 0.1) is 11.3 Å². The van der Waals surface area contributed by atoms with Gasteiger partial charge in [0.25, 0.3) is 0 Å². The monoisotopic (exact) mass is 200 g/mol. The van der Waals surface area contributed by atoms with Gasteiger partial charge >= 0.3 is 0 Å². The van der Waals surface area contributed by atoms with Crippen molar-refractivity contribution in [3.8, 4) is 11.9 Å². The molecule has 2 aromatic rings. The molecule has 0 saturated carbocycles. The van der Waals surface area contributed by atoms with Gasteiger partial charge in [0, 0.05) is 12.5 Å². The first kappa shape index (κ1) is 9.27. The molecule has 74 valence electrons. The van der Waals surface area contributed by atoms with Crippen LogP contribution < -0.4 is 0 Å². The molecule has 0 aliphatic carbocycles. The van der Waals surface area contributed by atoms with Gasteiger partial charge in [-0.2, -0.15) is 15.0 Å².